The topological polar surface area (TPSA) is 0 Å². The van der Waals surface area contributed by atoms with Gasteiger partial charge < -0.3 is 0 Å². The van der Waals surface area contributed by atoms with Crippen molar-refractivity contribution in [1.29, 1.82) is 0 Å². The van der Waals surface area contributed by atoms with Gasteiger partial charge in [0.1, 0.15) is 11.6 Å². The van der Waals surface area contributed by atoms with E-state index in [0.717, 1.165) is 12.1 Å². The van der Waals surface area contributed by atoms with Crippen molar-refractivity contribution in [2.24, 2.45) is 0 Å². The van der Waals surface area contributed by atoms with E-state index >= 15 is 0 Å². The van der Waals surface area contributed by atoms with Crippen molar-refractivity contribution in [2.75, 3.05) is 5.88 Å². The van der Waals surface area contributed by atoms with Crippen LogP contribution in [0.2, 0.25) is 0 Å². The molecule has 0 aromatic heterocycles. The Bertz CT molecular complexity index is 468. The predicted molar refractivity (Wildman–Crippen MR) is 92.7 cm³/mol. The zero-order valence-corrected chi connectivity index (χ0v) is 13.9. The summed E-state index contributed by atoms with van der Waals surface area (Å²) in [7, 11) is 0. The zero-order valence-electron chi connectivity index (χ0n) is 13.1. The molecule has 0 atom stereocenters. The molecule has 2 fully saturated rings. The van der Waals surface area contributed by atoms with E-state index in [2.05, 4.69) is 36.0 Å². The van der Waals surface area contributed by atoms with Crippen molar-refractivity contribution in [3.05, 3.63) is 24.3 Å². The minimum Gasteiger partial charge on any atom is -0.277 e. The summed E-state index contributed by atoms with van der Waals surface area (Å²) >= 11 is 2.13. The molecule has 1 aliphatic heterocycles. The molecule has 1 heterocycles. The highest BCUT2D eigenvalue weighted by Crippen LogP contribution is 2.51. The maximum atomic E-state index is 2.46. The van der Waals surface area contributed by atoms with Crippen LogP contribution in [0.25, 0.3) is 0 Å². The Morgan fingerprint density at radius 2 is 1.33 bits per heavy atom. The summed E-state index contributed by atoms with van der Waals surface area (Å²) in [6.45, 7) is 0. The highest BCUT2D eigenvalue weighted by molar-refractivity contribution is 7.99. The van der Waals surface area contributed by atoms with E-state index in [9.17, 15) is 0 Å². The maximum absolute atomic E-state index is 2.46. The highest BCUT2D eigenvalue weighted by Gasteiger charge is 2.50. The van der Waals surface area contributed by atoms with Crippen LogP contribution < -0.4 is 4.48 Å². The molecule has 2 aliphatic carbocycles. The fourth-order valence-corrected chi connectivity index (χ4v) is 6.63. The normalized spacial score (nSPS) is 26.7. The van der Waals surface area contributed by atoms with Crippen LogP contribution in [0.5, 0.6) is 0 Å². The van der Waals surface area contributed by atoms with E-state index in [1.807, 2.05) is 0 Å². The summed E-state index contributed by atoms with van der Waals surface area (Å²) < 4.78 is 1.35. The van der Waals surface area contributed by atoms with E-state index in [1.165, 1.54) is 74.6 Å². The Kier molecular flexibility index (Phi) is 4.02. The van der Waals surface area contributed by atoms with Crippen molar-refractivity contribution in [1.82, 2.24) is 4.48 Å². The van der Waals surface area contributed by atoms with Gasteiger partial charge in [0.25, 0.3) is 0 Å². The van der Waals surface area contributed by atoms with E-state index in [4.69, 9.17) is 0 Å². The van der Waals surface area contributed by atoms with Crippen LogP contribution in [0, 0.1) is 0 Å². The van der Waals surface area contributed by atoms with Crippen molar-refractivity contribution < 1.29 is 0 Å². The summed E-state index contributed by atoms with van der Waals surface area (Å²) in [6, 6.07) is 11.1. The number of rotatable bonds is 2. The van der Waals surface area contributed by atoms with Crippen molar-refractivity contribution in [2.45, 2.75) is 81.2 Å². The van der Waals surface area contributed by atoms with Crippen LogP contribution in [-0.4, -0.2) is 18.0 Å². The number of benzene rings is 1. The lowest BCUT2D eigenvalue weighted by molar-refractivity contribution is 0.109. The third-order valence-corrected chi connectivity index (χ3v) is 7.41. The summed E-state index contributed by atoms with van der Waals surface area (Å²) in [5, 5.41) is 0. The summed E-state index contributed by atoms with van der Waals surface area (Å²) in [5.41, 5.74) is 1.68. The van der Waals surface area contributed by atoms with E-state index in [-0.39, 0.29) is 0 Å². The Balaban J connectivity index is 1.75. The molecule has 0 saturated heterocycles. The molecule has 3 aliphatic rings. The second kappa shape index (κ2) is 5.96. The summed E-state index contributed by atoms with van der Waals surface area (Å²) in [6.07, 6.45) is 14.6. The number of thioether (sulfide) groups is 1. The third kappa shape index (κ3) is 2.35. The Morgan fingerprint density at radius 1 is 0.762 bits per heavy atom. The molecule has 0 bridgehead atoms. The quantitative estimate of drug-likeness (QED) is 0.629. The van der Waals surface area contributed by atoms with Gasteiger partial charge in [0.2, 0.25) is 0 Å². The van der Waals surface area contributed by atoms with Crippen LogP contribution in [0.1, 0.15) is 64.2 Å². The minimum absolute atomic E-state index is 0.901. The molecule has 0 N–H and O–H groups in total. The maximum Gasteiger partial charge on any atom is 0.147 e. The van der Waals surface area contributed by atoms with E-state index in [0.29, 0.717) is 0 Å². The molecule has 1 aromatic carbocycles. The van der Waals surface area contributed by atoms with Gasteiger partial charge in [0.15, 0.2) is 0 Å². The second-order valence-electron chi connectivity index (χ2n) is 7.26. The first-order valence-electron chi connectivity index (χ1n) is 9.01. The summed E-state index contributed by atoms with van der Waals surface area (Å²) in [4.78, 5) is 1.58. The largest absolute Gasteiger partial charge is 0.277 e. The SMILES string of the molecule is c1ccc2c(c1)SC[N+]2(C1CCCCC1)C1CCCCC1. The van der Waals surface area contributed by atoms with Gasteiger partial charge in [0.05, 0.1) is 17.0 Å². The Hall–Kier alpha value is -0.470. The molecular weight excluding hydrogens is 274 g/mol. The van der Waals surface area contributed by atoms with Gasteiger partial charge in [-0.05, 0) is 57.4 Å². The number of hydrogen-bond donors (Lipinski definition) is 0. The van der Waals surface area contributed by atoms with E-state index < -0.39 is 0 Å². The smallest absolute Gasteiger partial charge is 0.147 e. The fourth-order valence-electron chi connectivity index (χ4n) is 5.15. The molecule has 0 spiro atoms. The van der Waals surface area contributed by atoms with Gasteiger partial charge in [-0.15, -0.1) is 0 Å². The van der Waals surface area contributed by atoms with Gasteiger partial charge in [-0.2, -0.15) is 0 Å². The van der Waals surface area contributed by atoms with E-state index in [1.54, 1.807) is 10.6 Å². The lowest BCUT2D eigenvalue weighted by atomic mass is 9.85. The highest BCUT2D eigenvalue weighted by atomic mass is 32.2. The van der Waals surface area contributed by atoms with Gasteiger partial charge in [-0.25, -0.2) is 0 Å². The molecular formula is C19H28NS+. The number of fused-ring (bicyclic) bond motifs is 1. The van der Waals surface area contributed by atoms with Crippen molar-refractivity contribution >= 4 is 17.4 Å². The molecule has 114 valence electrons. The van der Waals surface area contributed by atoms with Crippen LogP contribution in [0.4, 0.5) is 5.69 Å². The van der Waals surface area contributed by atoms with Gasteiger partial charge in [-0.3, -0.25) is 4.48 Å². The molecule has 1 nitrogen and oxygen atoms in total. The van der Waals surface area contributed by atoms with Crippen LogP contribution in [-0.2, 0) is 0 Å². The Morgan fingerprint density at radius 3 is 1.95 bits per heavy atom. The second-order valence-corrected chi connectivity index (χ2v) is 8.24. The first-order chi connectivity index (χ1) is 10.4. The molecule has 2 heteroatoms. The first-order valence-corrected chi connectivity index (χ1v) is 9.99. The molecule has 0 amide bonds. The number of nitrogens with zero attached hydrogens (tertiary/aromatic N) is 1. The average molecular weight is 303 g/mol. The number of hydrogen-bond acceptors (Lipinski definition) is 1. The van der Waals surface area contributed by atoms with Crippen molar-refractivity contribution in [3.63, 3.8) is 0 Å². The summed E-state index contributed by atoms with van der Waals surface area (Å²) in [5.74, 6) is 1.31. The lowest BCUT2D eigenvalue weighted by Crippen LogP contribution is -2.62. The molecule has 21 heavy (non-hydrogen) atoms. The molecule has 1 aromatic rings. The van der Waals surface area contributed by atoms with Crippen LogP contribution in [0.15, 0.2) is 29.2 Å². The van der Waals surface area contributed by atoms with Gasteiger partial charge >= 0.3 is 0 Å². The van der Waals surface area contributed by atoms with Crippen LogP contribution >= 0.6 is 11.8 Å². The lowest BCUT2D eigenvalue weighted by Gasteiger charge is -2.49. The van der Waals surface area contributed by atoms with Crippen LogP contribution in [0.3, 0.4) is 0 Å². The monoisotopic (exact) mass is 302 g/mol. The van der Waals surface area contributed by atoms with Gasteiger partial charge in [-0.1, -0.05) is 36.7 Å². The molecule has 4 rings (SSSR count). The molecule has 2 saturated carbocycles. The third-order valence-electron chi connectivity index (χ3n) is 6.20. The van der Waals surface area contributed by atoms with Crippen molar-refractivity contribution in [3.8, 4) is 0 Å². The standard InChI is InChI=1S/C19H28NS/c1-3-9-16(10-4-1)20(17-11-5-2-6-12-17)15-21-19-14-8-7-13-18(19)20/h7-8,13-14,16-17H,1-6,9-12,15H2/q+1. The number of para-hydroxylation sites is 1. The average Bonchev–Trinajstić information content (AvgIpc) is 2.97. The fraction of sp³-hybridized carbons (Fsp3) is 0.684. The predicted octanol–water partition coefficient (Wildman–Crippen LogP) is 5.72. The molecule has 0 radical (unpaired) electrons. The Labute approximate surface area is 133 Å². The first kappa shape index (κ1) is 14.1. The van der Waals surface area contributed by atoms with Gasteiger partial charge in [0, 0.05) is 6.07 Å². The molecule has 0 unspecified atom stereocenters. The number of quaternary nitrogens is 1. The minimum atomic E-state index is 0.901. The zero-order chi connectivity index (χ0) is 14.1.